The zero-order valence-corrected chi connectivity index (χ0v) is 10.2. The van der Waals surface area contributed by atoms with E-state index in [1.165, 1.54) is 38.5 Å². The molecule has 0 aromatic heterocycles. The molecule has 1 atom stereocenters. The summed E-state index contributed by atoms with van der Waals surface area (Å²) < 4.78 is 11.2. The van der Waals surface area contributed by atoms with Crippen molar-refractivity contribution in [1.82, 2.24) is 5.32 Å². The molecule has 2 rings (SSSR count). The molecule has 16 heavy (non-hydrogen) atoms. The summed E-state index contributed by atoms with van der Waals surface area (Å²) in [5.74, 6) is 0.731. The van der Waals surface area contributed by atoms with Gasteiger partial charge in [0.15, 0.2) is 0 Å². The maximum atomic E-state index is 5.85. The monoisotopic (exact) mass is 227 g/mol. The van der Waals surface area contributed by atoms with Gasteiger partial charge in [0.1, 0.15) is 0 Å². The molecule has 1 unspecified atom stereocenters. The van der Waals surface area contributed by atoms with Gasteiger partial charge in [0.2, 0.25) is 0 Å². The lowest BCUT2D eigenvalue weighted by Crippen LogP contribution is -2.28. The van der Waals surface area contributed by atoms with E-state index in [1.807, 2.05) is 0 Å². The van der Waals surface area contributed by atoms with Crippen LogP contribution in [0.5, 0.6) is 0 Å². The van der Waals surface area contributed by atoms with Crippen LogP contribution in [0.1, 0.15) is 38.5 Å². The lowest BCUT2D eigenvalue weighted by molar-refractivity contribution is 0.0300. The first-order chi connectivity index (χ1) is 7.95. The highest BCUT2D eigenvalue weighted by molar-refractivity contribution is 4.67. The highest BCUT2D eigenvalue weighted by atomic mass is 16.5. The van der Waals surface area contributed by atoms with Crippen LogP contribution < -0.4 is 5.32 Å². The molecule has 0 radical (unpaired) electrons. The summed E-state index contributed by atoms with van der Waals surface area (Å²) in [4.78, 5) is 0. The van der Waals surface area contributed by atoms with E-state index in [4.69, 9.17) is 9.47 Å². The number of rotatable bonds is 6. The number of ether oxygens (including phenoxy) is 2. The Bertz CT molecular complexity index is 175. The van der Waals surface area contributed by atoms with Gasteiger partial charge in [0, 0.05) is 19.7 Å². The van der Waals surface area contributed by atoms with Crippen molar-refractivity contribution in [2.45, 2.75) is 44.6 Å². The Morgan fingerprint density at radius 3 is 2.75 bits per heavy atom. The molecule has 3 heteroatoms. The Morgan fingerprint density at radius 2 is 2.00 bits per heavy atom. The van der Waals surface area contributed by atoms with Crippen LogP contribution in [0.2, 0.25) is 0 Å². The van der Waals surface area contributed by atoms with Crippen LogP contribution >= 0.6 is 0 Å². The standard InChI is InChI=1S/C13H25NO2/c1-2-4-13(5-3-1)16-9-7-14-10-12-6-8-15-11-12/h12-14H,1-11H2. The molecule has 3 nitrogen and oxygen atoms in total. The molecular weight excluding hydrogens is 202 g/mol. The van der Waals surface area contributed by atoms with Crippen molar-refractivity contribution in [2.75, 3.05) is 32.9 Å². The second-order valence-electron chi connectivity index (χ2n) is 5.06. The third-order valence-corrected chi connectivity index (χ3v) is 3.64. The summed E-state index contributed by atoms with van der Waals surface area (Å²) in [6, 6.07) is 0. The van der Waals surface area contributed by atoms with Crippen LogP contribution in [-0.2, 0) is 9.47 Å². The normalized spacial score (nSPS) is 27.4. The molecule has 1 aliphatic heterocycles. The third kappa shape index (κ3) is 4.40. The van der Waals surface area contributed by atoms with Gasteiger partial charge in [0.05, 0.1) is 19.3 Å². The van der Waals surface area contributed by atoms with Gasteiger partial charge in [-0.1, -0.05) is 19.3 Å². The summed E-state index contributed by atoms with van der Waals surface area (Å²) >= 11 is 0. The van der Waals surface area contributed by atoms with Gasteiger partial charge in [-0.15, -0.1) is 0 Å². The number of hydrogen-bond donors (Lipinski definition) is 1. The fraction of sp³-hybridized carbons (Fsp3) is 1.00. The maximum Gasteiger partial charge on any atom is 0.0594 e. The summed E-state index contributed by atoms with van der Waals surface area (Å²) in [6.07, 6.45) is 8.43. The molecule has 0 bridgehead atoms. The van der Waals surface area contributed by atoms with E-state index >= 15 is 0 Å². The Morgan fingerprint density at radius 1 is 1.12 bits per heavy atom. The minimum Gasteiger partial charge on any atom is -0.381 e. The molecule has 94 valence electrons. The Balaban J connectivity index is 1.42. The minimum absolute atomic E-state index is 0.547. The lowest BCUT2D eigenvalue weighted by Gasteiger charge is -2.22. The second kappa shape index (κ2) is 7.25. The van der Waals surface area contributed by atoms with Crippen molar-refractivity contribution in [3.63, 3.8) is 0 Å². The average molecular weight is 227 g/mol. The van der Waals surface area contributed by atoms with Crippen molar-refractivity contribution in [3.05, 3.63) is 0 Å². The lowest BCUT2D eigenvalue weighted by atomic mass is 9.98. The molecule has 1 N–H and O–H groups in total. The summed E-state index contributed by atoms with van der Waals surface area (Å²) in [7, 11) is 0. The number of hydrogen-bond acceptors (Lipinski definition) is 3. The first kappa shape index (κ1) is 12.3. The van der Waals surface area contributed by atoms with Crippen molar-refractivity contribution >= 4 is 0 Å². The molecule has 0 aromatic rings. The summed E-state index contributed by atoms with van der Waals surface area (Å²) in [5.41, 5.74) is 0. The second-order valence-corrected chi connectivity index (χ2v) is 5.06. The fourth-order valence-electron chi connectivity index (χ4n) is 2.58. The van der Waals surface area contributed by atoms with Gasteiger partial charge in [-0.05, 0) is 25.2 Å². The van der Waals surface area contributed by atoms with Gasteiger partial charge < -0.3 is 14.8 Å². The van der Waals surface area contributed by atoms with Gasteiger partial charge in [-0.2, -0.15) is 0 Å². The third-order valence-electron chi connectivity index (χ3n) is 3.64. The van der Waals surface area contributed by atoms with E-state index in [9.17, 15) is 0 Å². The van der Waals surface area contributed by atoms with E-state index < -0.39 is 0 Å². The van der Waals surface area contributed by atoms with Crippen molar-refractivity contribution < 1.29 is 9.47 Å². The average Bonchev–Trinajstić information content (AvgIpc) is 2.83. The molecule has 1 saturated carbocycles. The van der Waals surface area contributed by atoms with E-state index in [-0.39, 0.29) is 0 Å². The first-order valence-corrected chi connectivity index (χ1v) is 6.85. The molecule has 1 heterocycles. The topological polar surface area (TPSA) is 30.5 Å². The Labute approximate surface area is 98.9 Å². The molecule has 2 aliphatic rings. The summed E-state index contributed by atoms with van der Waals surface area (Å²) in [6.45, 7) is 4.85. The van der Waals surface area contributed by atoms with Crippen LogP contribution in [-0.4, -0.2) is 39.0 Å². The largest absolute Gasteiger partial charge is 0.381 e. The predicted molar refractivity (Wildman–Crippen MR) is 64.6 cm³/mol. The van der Waals surface area contributed by atoms with Crippen LogP contribution in [0.15, 0.2) is 0 Å². The molecule has 2 fully saturated rings. The highest BCUT2D eigenvalue weighted by Crippen LogP contribution is 2.19. The van der Waals surface area contributed by atoms with Crippen molar-refractivity contribution in [1.29, 1.82) is 0 Å². The van der Waals surface area contributed by atoms with Crippen molar-refractivity contribution in [2.24, 2.45) is 5.92 Å². The predicted octanol–water partition coefficient (Wildman–Crippen LogP) is 1.96. The van der Waals surface area contributed by atoms with Crippen LogP contribution in [0.4, 0.5) is 0 Å². The Kier molecular flexibility index (Phi) is 5.59. The van der Waals surface area contributed by atoms with E-state index in [1.54, 1.807) is 0 Å². The van der Waals surface area contributed by atoms with Crippen LogP contribution in [0, 0.1) is 5.92 Å². The minimum atomic E-state index is 0.547. The highest BCUT2D eigenvalue weighted by Gasteiger charge is 2.15. The molecule has 0 amide bonds. The van der Waals surface area contributed by atoms with Gasteiger partial charge in [-0.3, -0.25) is 0 Å². The van der Waals surface area contributed by atoms with E-state index in [0.29, 0.717) is 6.10 Å². The van der Waals surface area contributed by atoms with Gasteiger partial charge in [0.25, 0.3) is 0 Å². The molecule has 1 saturated heterocycles. The first-order valence-electron chi connectivity index (χ1n) is 6.85. The summed E-state index contributed by atoms with van der Waals surface area (Å²) in [5, 5.41) is 3.46. The van der Waals surface area contributed by atoms with Crippen LogP contribution in [0.3, 0.4) is 0 Å². The van der Waals surface area contributed by atoms with Crippen molar-refractivity contribution in [3.8, 4) is 0 Å². The fourth-order valence-corrected chi connectivity index (χ4v) is 2.58. The molecule has 0 aromatic carbocycles. The van der Waals surface area contributed by atoms with Crippen LogP contribution in [0.25, 0.3) is 0 Å². The molecular formula is C13H25NO2. The molecule has 0 spiro atoms. The van der Waals surface area contributed by atoms with E-state index in [0.717, 1.165) is 38.8 Å². The zero-order valence-electron chi connectivity index (χ0n) is 10.2. The number of nitrogens with one attached hydrogen (secondary N) is 1. The smallest absolute Gasteiger partial charge is 0.0594 e. The van der Waals surface area contributed by atoms with Gasteiger partial charge >= 0.3 is 0 Å². The SMILES string of the molecule is C1CCC(OCCNCC2CCOC2)CC1. The zero-order chi connectivity index (χ0) is 11.1. The van der Waals surface area contributed by atoms with E-state index in [2.05, 4.69) is 5.32 Å². The molecule has 1 aliphatic carbocycles. The quantitative estimate of drug-likeness (QED) is 0.704. The van der Waals surface area contributed by atoms with Gasteiger partial charge in [-0.25, -0.2) is 0 Å². The Hall–Kier alpha value is -0.120. The maximum absolute atomic E-state index is 5.85.